The lowest BCUT2D eigenvalue weighted by atomic mass is 10.0. The molecule has 110 valence electrons. The van der Waals surface area contributed by atoms with Crippen LogP contribution in [0.25, 0.3) is 0 Å². The summed E-state index contributed by atoms with van der Waals surface area (Å²) in [5.41, 5.74) is 0. The number of carbonyl (C=O) groups is 1. The average molecular weight is 266 g/mol. The van der Waals surface area contributed by atoms with E-state index < -0.39 is 0 Å². The summed E-state index contributed by atoms with van der Waals surface area (Å²) >= 11 is 0. The number of hydrogen-bond donors (Lipinski definition) is 0. The molecule has 0 aromatic carbocycles. The number of unbranched alkanes of at least 4 members (excludes halogenated alkanes) is 9. The van der Waals surface area contributed by atoms with Crippen LogP contribution in [0.3, 0.4) is 0 Å². The van der Waals surface area contributed by atoms with Gasteiger partial charge in [0.2, 0.25) is 0 Å². The van der Waals surface area contributed by atoms with Gasteiger partial charge < -0.3 is 4.74 Å². The number of cyclic esters (lactones) is 1. The SMILES string of the molecule is CCCCCCCCCCCCC1CC=CC(=O)O1. The van der Waals surface area contributed by atoms with Crippen molar-refractivity contribution in [1.82, 2.24) is 0 Å². The number of hydrogen-bond acceptors (Lipinski definition) is 2. The maximum atomic E-state index is 11.0. The predicted molar refractivity (Wildman–Crippen MR) is 80.1 cm³/mol. The van der Waals surface area contributed by atoms with Gasteiger partial charge in [-0.15, -0.1) is 0 Å². The molecule has 0 fully saturated rings. The van der Waals surface area contributed by atoms with Crippen LogP contribution in [0, 0.1) is 0 Å². The van der Waals surface area contributed by atoms with Crippen molar-refractivity contribution >= 4 is 5.97 Å². The second kappa shape index (κ2) is 11.1. The first kappa shape index (κ1) is 16.3. The summed E-state index contributed by atoms with van der Waals surface area (Å²) < 4.78 is 5.24. The van der Waals surface area contributed by atoms with E-state index in [0.717, 1.165) is 12.8 Å². The van der Waals surface area contributed by atoms with E-state index in [9.17, 15) is 4.79 Å². The van der Waals surface area contributed by atoms with Crippen molar-refractivity contribution in [3.63, 3.8) is 0 Å². The summed E-state index contributed by atoms with van der Waals surface area (Å²) in [5.74, 6) is -0.164. The standard InChI is InChI=1S/C17H30O2/c1-2-3-4-5-6-7-8-9-10-11-13-16-14-12-15-17(18)19-16/h12,15-16H,2-11,13-14H2,1H3. The summed E-state index contributed by atoms with van der Waals surface area (Å²) in [6, 6.07) is 0. The molecule has 1 atom stereocenters. The van der Waals surface area contributed by atoms with Crippen molar-refractivity contribution in [3.8, 4) is 0 Å². The molecule has 0 saturated carbocycles. The molecule has 2 nitrogen and oxygen atoms in total. The fourth-order valence-electron chi connectivity index (χ4n) is 2.60. The zero-order chi connectivity index (χ0) is 13.8. The van der Waals surface area contributed by atoms with Gasteiger partial charge >= 0.3 is 5.97 Å². The topological polar surface area (TPSA) is 26.3 Å². The Bertz CT molecular complexity index is 258. The van der Waals surface area contributed by atoms with Gasteiger partial charge in [0.25, 0.3) is 0 Å². The van der Waals surface area contributed by atoms with Crippen LogP contribution in [-0.2, 0) is 9.53 Å². The van der Waals surface area contributed by atoms with E-state index >= 15 is 0 Å². The summed E-state index contributed by atoms with van der Waals surface area (Å²) in [6.07, 6.45) is 19.1. The highest BCUT2D eigenvalue weighted by atomic mass is 16.5. The van der Waals surface area contributed by atoms with Crippen LogP contribution in [0.1, 0.15) is 84.0 Å². The van der Waals surface area contributed by atoms with Crippen molar-refractivity contribution < 1.29 is 9.53 Å². The molecule has 0 aromatic heterocycles. The molecule has 0 radical (unpaired) electrons. The molecule has 2 heteroatoms. The average Bonchev–Trinajstić information content (AvgIpc) is 2.41. The third-order valence-corrected chi connectivity index (χ3v) is 3.82. The first-order valence-electron chi connectivity index (χ1n) is 8.20. The van der Waals surface area contributed by atoms with Crippen molar-refractivity contribution in [2.75, 3.05) is 0 Å². The Balaban J connectivity index is 1.81. The molecule has 1 aliphatic heterocycles. The lowest BCUT2D eigenvalue weighted by Crippen LogP contribution is -2.19. The van der Waals surface area contributed by atoms with E-state index in [1.807, 2.05) is 6.08 Å². The Labute approximate surface area is 118 Å². The minimum Gasteiger partial charge on any atom is -0.459 e. The minimum atomic E-state index is -0.164. The second-order valence-electron chi connectivity index (χ2n) is 5.67. The Morgan fingerprint density at radius 2 is 1.58 bits per heavy atom. The molecule has 0 bridgehead atoms. The minimum absolute atomic E-state index is 0.145. The van der Waals surface area contributed by atoms with Gasteiger partial charge in [-0.3, -0.25) is 0 Å². The van der Waals surface area contributed by atoms with Crippen molar-refractivity contribution in [3.05, 3.63) is 12.2 Å². The number of carbonyl (C=O) groups excluding carboxylic acids is 1. The monoisotopic (exact) mass is 266 g/mol. The van der Waals surface area contributed by atoms with Crippen LogP contribution in [0.5, 0.6) is 0 Å². The molecule has 0 N–H and O–H groups in total. The van der Waals surface area contributed by atoms with Gasteiger partial charge in [0.15, 0.2) is 0 Å². The molecular weight excluding hydrogens is 236 g/mol. The third kappa shape index (κ3) is 8.85. The van der Waals surface area contributed by atoms with Gasteiger partial charge in [0.1, 0.15) is 6.10 Å². The maximum Gasteiger partial charge on any atom is 0.330 e. The van der Waals surface area contributed by atoms with Crippen molar-refractivity contribution in [1.29, 1.82) is 0 Å². The van der Waals surface area contributed by atoms with Crippen LogP contribution in [0.4, 0.5) is 0 Å². The molecule has 0 aliphatic carbocycles. The maximum absolute atomic E-state index is 11.0. The molecule has 1 unspecified atom stereocenters. The molecule has 1 aliphatic rings. The molecule has 0 amide bonds. The Morgan fingerprint density at radius 1 is 1.00 bits per heavy atom. The second-order valence-corrected chi connectivity index (χ2v) is 5.67. The number of ether oxygens (including phenoxy) is 1. The van der Waals surface area contributed by atoms with Crippen molar-refractivity contribution in [2.24, 2.45) is 0 Å². The van der Waals surface area contributed by atoms with E-state index in [1.54, 1.807) is 0 Å². The van der Waals surface area contributed by atoms with Crippen LogP contribution in [0.15, 0.2) is 12.2 Å². The Morgan fingerprint density at radius 3 is 2.16 bits per heavy atom. The van der Waals surface area contributed by atoms with Gasteiger partial charge in [-0.2, -0.15) is 0 Å². The molecular formula is C17H30O2. The summed E-state index contributed by atoms with van der Waals surface area (Å²) in [5, 5.41) is 0. The Kier molecular flexibility index (Phi) is 9.48. The zero-order valence-electron chi connectivity index (χ0n) is 12.5. The van der Waals surface area contributed by atoms with Crippen LogP contribution in [0.2, 0.25) is 0 Å². The van der Waals surface area contributed by atoms with E-state index in [4.69, 9.17) is 4.74 Å². The largest absolute Gasteiger partial charge is 0.459 e. The Hall–Kier alpha value is -0.790. The third-order valence-electron chi connectivity index (χ3n) is 3.82. The molecule has 1 rings (SSSR count). The first-order valence-corrected chi connectivity index (χ1v) is 8.20. The fourth-order valence-corrected chi connectivity index (χ4v) is 2.60. The van der Waals surface area contributed by atoms with E-state index in [-0.39, 0.29) is 12.1 Å². The highest BCUT2D eigenvalue weighted by Gasteiger charge is 2.14. The number of esters is 1. The van der Waals surface area contributed by atoms with Crippen LogP contribution in [-0.4, -0.2) is 12.1 Å². The van der Waals surface area contributed by atoms with Gasteiger partial charge in [0, 0.05) is 12.5 Å². The summed E-state index contributed by atoms with van der Waals surface area (Å²) in [4.78, 5) is 11.0. The van der Waals surface area contributed by atoms with Crippen LogP contribution >= 0.6 is 0 Å². The molecule has 0 aromatic rings. The molecule has 0 saturated heterocycles. The lowest BCUT2D eigenvalue weighted by Gasteiger charge is -2.18. The normalized spacial score (nSPS) is 18.6. The quantitative estimate of drug-likeness (QED) is 0.381. The van der Waals surface area contributed by atoms with E-state index in [1.165, 1.54) is 70.3 Å². The first-order chi connectivity index (χ1) is 9.33. The van der Waals surface area contributed by atoms with Gasteiger partial charge in [-0.05, 0) is 12.8 Å². The van der Waals surface area contributed by atoms with E-state index in [0.29, 0.717) is 0 Å². The predicted octanol–water partition coefficient (Wildman–Crippen LogP) is 5.17. The van der Waals surface area contributed by atoms with Gasteiger partial charge in [0.05, 0.1) is 0 Å². The van der Waals surface area contributed by atoms with Gasteiger partial charge in [-0.25, -0.2) is 4.79 Å². The molecule has 1 heterocycles. The highest BCUT2D eigenvalue weighted by molar-refractivity contribution is 5.82. The van der Waals surface area contributed by atoms with Crippen LogP contribution < -0.4 is 0 Å². The summed E-state index contributed by atoms with van der Waals surface area (Å²) in [7, 11) is 0. The van der Waals surface area contributed by atoms with Gasteiger partial charge in [-0.1, -0.05) is 70.8 Å². The highest BCUT2D eigenvalue weighted by Crippen LogP contribution is 2.16. The molecule has 0 spiro atoms. The number of rotatable bonds is 11. The van der Waals surface area contributed by atoms with E-state index in [2.05, 4.69) is 6.92 Å². The van der Waals surface area contributed by atoms with Crippen molar-refractivity contribution in [2.45, 2.75) is 90.1 Å². The summed E-state index contributed by atoms with van der Waals surface area (Å²) in [6.45, 7) is 2.26. The zero-order valence-corrected chi connectivity index (χ0v) is 12.5. The fraction of sp³-hybridized carbons (Fsp3) is 0.824. The molecule has 19 heavy (non-hydrogen) atoms. The lowest BCUT2D eigenvalue weighted by molar-refractivity contribution is -0.144. The smallest absolute Gasteiger partial charge is 0.330 e.